The maximum Gasteiger partial charge on any atom is 0.0236 e. The summed E-state index contributed by atoms with van der Waals surface area (Å²) in [6.07, 6.45) is 0. The lowest BCUT2D eigenvalue weighted by atomic mass is 9.91. The molecule has 0 fully saturated rings. The van der Waals surface area contributed by atoms with Crippen LogP contribution >= 0.6 is 0 Å². The van der Waals surface area contributed by atoms with E-state index in [-0.39, 0.29) is 5.41 Å². The van der Waals surface area contributed by atoms with Crippen LogP contribution in [0.4, 0.5) is 0 Å². The summed E-state index contributed by atoms with van der Waals surface area (Å²) in [6.45, 7) is 18.2. The van der Waals surface area contributed by atoms with Crippen molar-refractivity contribution in [1.29, 1.82) is 0 Å². The fourth-order valence-electron chi connectivity index (χ4n) is 2.54. The first kappa shape index (κ1) is 18.2. The Bertz CT molecular complexity index is 382. The molecule has 0 aliphatic heterocycles. The summed E-state index contributed by atoms with van der Waals surface area (Å²) >= 11 is 0. The molecule has 0 aromatic heterocycles. The van der Waals surface area contributed by atoms with Crippen molar-refractivity contribution in [2.45, 2.75) is 54.1 Å². The summed E-state index contributed by atoms with van der Waals surface area (Å²) in [7, 11) is 0. The second kappa shape index (κ2) is 8.55. The van der Waals surface area contributed by atoms with Crippen LogP contribution in [-0.4, -0.2) is 30.6 Å². The first-order valence-electron chi connectivity index (χ1n) is 8.29. The van der Waals surface area contributed by atoms with Crippen molar-refractivity contribution in [3.63, 3.8) is 0 Å². The summed E-state index contributed by atoms with van der Waals surface area (Å²) in [5.74, 6) is 0.714. The minimum atomic E-state index is 0.286. The van der Waals surface area contributed by atoms with E-state index in [4.69, 9.17) is 0 Å². The van der Waals surface area contributed by atoms with Crippen molar-refractivity contribution < 1.29 is 0 Å². The van der Waals surface area contributed by atoms with Crippen molar-refractivity contribution in [1.82, 2.24) is 10.2 Å². The van der Waals surface area contributed by atoms with Gasteiger partial charge in [0, 0.05) is 25.7 Å². The average molecular weight is 290 g/mol. The minimum Gasteiger partial charge on any atom is -0.316 e. The highest BCUT2D eigenvalue weighted by Gasteiger charge is 2.23. The van der Waals surface area contributed by atoms with E-state index in [1.54, 1.807) is 0 Å². The van der Waals surface area contributed by atoms with E-state index in [2.05, 4.69) is 82.1 Å². The summed E-state index contributed by atoms with van der Waals surface area (Å²) in [4.78, 5) is 2.58. The quantitative estimate of drug-likeness (QED) is 0.734. The third kappa shape index (κ3) is 7.63. The summed E-state index contributed by atoms with van der Waals surface area (Å²) in [5.41, 5.74) is 1.69. The van der Waals surface area contributed by atoms with Crippen LogP contribution < -0.4 is 5.32 Å². The zero-order chi connectivity index (χ0) is 15.9. The third-order valence-electron chi connectivity index (χ3n) is 3.75. The minimum absolute atomic E-state index is 0.286. The smallest absolute Gasteiger partial charge is 0.0236 e. The van der Waals surface area contributed by atoms with Gasteiger partial charge in [-0.15, -0.1) is 0 Å². The van der Waals surface area contributed by atoms with Crippen molar-refractivity contribution in [3.05, 3.63) is 35.9 Å². The Hall–Kier alpha value is -0.860. The van der Waals surface area contributed by atoms with Gasteiger partial charge >= 0.3 is 0 Å². The number of nitrogens with zero attached hydrogens (tertiary/aromatic N) is 1. The van der Waals surface area contributed by atoms with Gasteiger partial charge in [-0.05, 0) is 37.3 Å². The molecule has 0 radical (unpaired) electrons. The highest BCUT2D eigenvalue weighted by atomic mass is 15.2. The summed E-state index contributed by atoms with van der Waals surface area (Å²) in [6, 6.07) is 11.4. The molecule has 1 aromatic carbocycles. The van der Waals surface area contributed by atoms with E-state index >= 15 is 0 Å². The number of rotatable bonds is 9. The largest absolute Gasteiger partial charge is 0.316 e. The Morgan fingerprint density at radius 1 is 1.05 bits per heavy atom. The molecule has 0 saturated heterocycles. The van der Waals surface area contributed by atoms with Gasteiger partial charge in [-0.2, -0.15) is 0 Å². The molecule has 1 rings (SSSR count). The average Bonchev–Trinajstić information content (AvgIpc) is 2.38. The predicted molar refractivity (Wildman–Crippen MR) is 93.5 cm³/mol. The molecular weight excluding hydrogens is 256 g/mol. The van der Waals surface area contributed by atoms with E-state index in [9.17, 15) is 0 Å². The van der Waals surface area contributed by atoms with Crippen LogP contribution in [0.3, 0.4) is 0 Å². The molecule has 0 unspecified atom stereocenters. The molecule has 0 amide bonds. The van der Waals surface area contributed by atoms with E-state index in [0.717, 1.165) is 26.2 Å². The molecule has 0 aliphatic rings. The Kier molecular flexibility index (Phi) is 7.41. The zero-order valence-electron chi connectivity index (χ0n) is 14.8. The lowest BCUT2D eigenvalue weighted by molar-refractivity contribution is 0.134. The molecule has 0 heterocycles. The van der Waals surface area contributed by atoms with Crippen LogP contribution in [0.2, 0.25) is 0 Å². The Balaban J connectivity index is 2.56. The molecular formula is C19H34N2. The number of hydrogen-bond donors (Lipinski definition) is 1. The molecule has 1 aromatic rings. The van der Waals surface area contributed by atoms with E-state index in [1.807, 2.05) is 0 Å². The topological polar surface area (TPSA) is 15.3 Å². The Morgan fingerprint density at radius 3 is 2.19 bits per heavy atom. The monoisotopic (exact) mass is 290 g/mol. The van der Waals surface area contributed by atoms with Crippen LogP contribution in [0.1, 0.15) is 47.1 Å². The predicted octanol–water partition coefficient (Wildman–Crippen LogP) is 4.17. The van der Waals surface area contributed by atoms with Gasteiger partial charge in [-0.3, -0.25) is 4.90 Å². The Morgan fingerprint density at radius 2 is 1.67 bits per heavy atom. The summed E-state index contributed by atoms with van der Waals surface area (Å²) < 4.78 is 0. The molecule has 1 N–H and O–H groups in total. The lowest BCUT2D eigenvalue weighted by Gasteiger charge is -2.35. The van der Waals surface area contributed by atoms with Crippen molar-refractivity contribution in [3.8, 4) is 0 Å². The molecule has 120 valence electrons. The third-order valence-corrected chi connectivity index (χ3v) is 3.75. The second-order valence-corrected chi connectivity index (χ2v) is 7.67. The molecule has 0 atom stereocenters. The van der Waals surface area contributed by atoms with Gasteiger partial charge in [-0.1, -0.05) is 58.0 Å². The number of hydrogen-bond acceptors (Lipinski definition) is 2. The maximum absolute atomic E-state index is 3.61. The first-order valence-corrected chi connectivity index (χ1v) is 8.29. The van der Waals surface area contributed by atoms with Gasteiger partial charge in [0.05, 0.1) is 0 Å². The Labute approximate surface area is 131 Å². The molecule has 0 bridgehead atoms. The van der Waals surface area contributed by atoms with Crippen LogP contribution in [-0.2, 0) is 6.54 Å². The van der Waals surface area contributed by atoms with Crippen LogP contribution in [0, 0.1) is 11.3 Å². The van der Waals surface area contributed by atoms with Gasteiger partial charge in [0.2, 0.25) is 0 Å². The highest BCUT2D eigenvalue weighted by molar-refractivity contribution is 5.14. The molecule has 21 heavy (non-hydrogen) atoms. The van der Waals surface area contributed by atoms with E-state index in [0.29, 0.717) is 12.0 Å². The molecule has 0 saturated carbocycles. The maximum atomic E-state index is 3.61. The fraction of sp³-hybridized carbons (Fsp3) is 0.684. The molecule has 0 spiro atoms. The normalized spacial score (nSPS) is 12.6. The van der Waals surface area contributed by atoms with Crippen LogP contribution in [0.5, 0.6) is 0 Å². The zero-order valence-corrected chi connectivity index (χ0v) is 14.8. The summed E-state index contributed by atoms with van der Waals surface area (Å²) in [5, 5.41) is 3.61. The van der Waals surface area contributed by atoms with Crippen LogP contribution in [0.15, 0.2) is 30.3 Å². The molecule has 2 nitrogen and oxygen atoms in total. The lowest BCUT2D eigenvalue weighted by Crippen LogP contribution is -2.43. The van der Waals surface area contributed by atoms with Gasteiger partial charge < -0.3 is 5.32 Å². The van der Waals surface area contributed by atoms with Gasteiger partial charge in [0.1, 0.15) is 0 Å². The number of nitrogens with one attached hydrogen (secondary N) is 1. The standard InChI is InChI=1S/C19H34N2/c1-16(2)12-20-14-19(5,6)15-21(17(3)4)13-18-10-8-7-9-11-18/h7-11,16-17,20H,12-15H2,1-6H3. The van der Waals surface area contributed by atoms with Crippen LogP contribution in [0.25, 0.3) is 0 Å². The van der Waals surface area contributed by atoms with E-state index in [1.165, 1.54) is 5.56 Å². The van der Waals surface area contributed by atoms with Crippen molar-refractivity contribution >= 4 is 0 Å². The van der Waals surface area contributed by atoms with Crippen molar-refractivity contribution in [2.24, 2.45) is 11.3 Å². The van der Waals surface area contributed by atoms with Gasteiger partial charge in [-0.25, -0.2) is 0 Å². The van der Waals surface area contributed by atoms with Crippen molar-refractivity contribution in [2.75, 3.05) is 19.6 Å². The number of benzene rings is 1. The molecule has 0 aliphatic carbocycles. The fourth-order valence-corrected chi connectivity index (χ4v) is 2.54. The molecule has 2 heteroatoms. The second-order valence-electron chi connectivity index (χ2n) is 7.67. The van der Waals surface area contributed by atoms with Gasteiger partial charge in [0.15, 0.2) is 0 Å². The van der Waals surface area contributed by atoms with Gasteiger partial charge in [0.25, 0.3) is 0 Å². The van der Waals surface area contributed by atoms with E-state index < -0.39 is 0 Å². The first-order chi connectivity index (χ1) is 9.80. The highest BCUT2D eigenvalue weighted by Crippen LogP contribution is 2.19. The SMILES string of the molecule is CC(C)CNCC(C)(C)CN(Cc1ccccc1)C(C)C.